The second-order valence-corrected chi connectivity index (χ2v) is 8.56. The van der Waals surface area contributed by atoms with E-state index < -0.39 is 35.2 Å². The lowest BCUT2D eigenvalue weighted by atomic mass is 10.1. The maximum atomic E-state index is 13.9. The number of benzene rings is 2. The fourth-order valence-electron chi connectivity index (χ4n) is 3.25. The van der Waals surface area contributed by atoms with Gasteiger partial charge >= 0.3 is 6.03 Å². The molecule has 1 atom stereocenters. The van der Waals surface area contributed by atoms with E-state index in [1.807, 2.05) is 6.07 Å². The van der Waals surface area contributed by atoms with Gasteiger partial charge in [-0.15, -0.1) is 0 Å². The normalized spacial score (nSPS) is 15.5. The molecule has 0 radical (unpaired) electrons. The highest BCUT2D eigenvalue weighted by atomic mass is 19.1. The van der Waals surface area contributed by atoms with Crippen LogP contribution in [0.15, 0.2) is 48.2 Å². The van der Waals surface area contributed by atoms with Crippen molar-refractivity contribution in [3.8, 4) is 23.7 Å². The molecule has 3 rings (SSSR count). The molecule has 10 heteroatoms. The Kier molecular flexibility index (Phi) is 7.93. The molecule has 0 fully saturated rings. The molecular weight excluding hydrogens is 470 g/mol. The van der Waals surface area contributed by atoms with Crippen molar-refractivity contribution in [2.75, 3.05) is 18.6 Å². The number of aliphatic hydroxyl groups is 1. The minimum absolute atomic E-state index is 0.0170. The third-order valence-corrected chi connectivity index (χ3v) is 5.09. The first kappa shape index (κ1) is 26.2. The van der Waals surface area contributed by atoms with Crippen LogP contribution in [0.2, 0.25) is 0 Å². The van der Waals surface area contributed by atoms with Crippen LogP contribution in [0.1, 0.15) is 25.0 Å². The van der Waals surface area contributed by atoms with Gasteiger partial charge in [-0.2, -0.15) is 5.26 Å². The maximum absolute atomic E-state index is 13.9. The zero-order chi connectivity index (χ0) is 26.5. The van der Waals surface area contributed by atoms with Crippen molar-refractivity contribution in [2.24, 2.45) is 0 Å². The lowest BCUT2D eigenvalue weighted by Crippen LogP contribution is -2.51. The van der Waals surface area contributed by atoms with Crippen LogP contribution in [-0.4, -0.2) is 42.3 Å². The molecule has 2 aromatic carbocycles. The number of carbonyl (C=O) groups excluding carboxylic acids is 2. The summed E-state index contributed by atoms with van der Waals surface area (Å²) in [6.45, 7) is 2.96. The molecule has 0 aromatic heterocycles. The van der Waals surface area contributed by atoms with Crippen LogP contribution in [0.4, 0.5) is 19.3 Å². The number of likely N-dealkylation sites (N-methyl/N-ethyl adjacent to an activating group) is 1. The van der Waals surface area contributed by atoms with E-state index in [0.717, 1.165) is 12.3 Å². The first-order valence-electron chi connectivity index (χ1n) is 10.9. The fraction of sp³-hybridized carbons (Fsp3) is 0.269. The summed E-state index contributed by atoms with van der Waals surface area (Å²) in [5, 5.41) is 23.9. The summed E-state index contributed by atoms with van der Waals surface area (Å²) < 4.78 is 32.6. The van der Waals surface area contributed by atoms with Gasteiger partial charge in [0.15, 0.2) is 0 Å². The van der Waals surface area contributed by atoms with Crippen molar-refractivity contribution in [3.63, 3.8) is 0 Å². The Balaban J connectivity index is 1.67. The van der Waals surface area contributed by atoms with Crippen LogP contribution < -0.4 is 20.3 Å². The van der Waals surface area contributed by atoms with Gasteiger partial charge in [0.05, 0.1) is 17.3 Å². The molecule has 1 heterocycles. The van der Waals surface area contributed by atoms with Gasteiger partial charge in [0.2, 0.25) is 0 Å². The van der Waals surface area contributed by atoms with Gasteiger partial charge in [0.1, 0.15) is 35.6 Å². The third-order valence-electron chi connectivity index (χ3n) is 5.09. The molecule has 8 nitrogen and oxygen atoms in total. The van der Waals surface area contributed by atoms with Gasteiger partial charge in [-0.3, -0.25) is 4.79 Å². The van der Waals surface area contributed by atoms with Crippen LogP contribution in [-0.2, 0) is 11.2 Å². The Morgan fingerprint density at radius 3 is 2.72 bits per heavy atom. The number of nitriles is 1. The number of amides is 3. The molecule has 0 aliphatic carbocycles. The van der Waals surface area contributed by atoms with E-state index in [0.29, 0.717) is 23.1 Å². The van der Waals surface area contributed by atoms with E-state index in [9.17, 15) is 28.7 Å². The molecule has 1 aliphatic heterocycles. The largest absolute Gasteiger partial charge is 0.489 e. The lowest BCUT2D eigenvalue weighted by molar-refractivity contribution is -0.120. The van der Waals surface area contributed by atoms with Crippen molar-refractivity contribution in [1.82, 2.24) is 10.6 Å². The van der Waals surface area contributed by atoms with Crippen molar-refractivity contribution in [2.45, 2.75) is 31.9 Å². The summed E-state index contributed by atoms with van der Waals surface area (Å²) in [6, 6.07) is 8.00. The topological polar surface area (TPSA) is 115 Å². The standard InChI is InChI=1S/C26H24F2N4O4/c1-26(2,35)9-8-16-4-7-23-22(11-16)32(3)24(33)21(15-36-23)31-25(34)30-14-17(13-29)10-18-5-6-19(27)12-20(18)28/h4-7,11-12,14,21,35H,10,15H2,1-3H3,(H2,30,31,34)/b17-14-. The number of hydrogen-bond donors (Lipinski definition) is 3. The zero-order valence-corrected chi connectivity index (χ0v) is 19.9. The summed E-state index contributed by atoms with van der Waals surface area (Å²) in [5.41, 5.74) is -0.0659. The van der Waals surface area contributed by atoms with Gasteiger partial charge in [-0.25, -0.2) is 13.6 Å². The molecule has 0 saturated carbocycles. The number of rotatable bonds is 4. The molecule has 1 aliphatic rings. The van der Waals surface area contributed by atoms with Crippen LogP contribution in [0.5, 0.6) is 5.75 Å². The maximum Gasteiger partial charge on any atom is 0.319 e. The number of halogens is 2. The SMILES string of the molecule is CN1C(=O)C(NC(=O)N/C=C(\C#N)Cc2ccc(F)cc2F)COc2ccc(C#CC(C)(C)O)cc21. The van der Waals surface area contributed by atoms with Crippen molar-refractivity contribution < 1.29 is 28.2 Å². The molecule has 186 valence electrons. The number of fused-ring (bicyclic) bond motifs is 1. The van der Waals surface area contributed by atoms with Crippen LogP contribution in [0, 0.1) is 34.8 Å². The Morgan fingerprint density at radius 2 is 2.06 bits per heavy atom. The first-order valence-corrected chi connectivity index (χ1v) is 10.9. The minimum Gasteiger partial charge on any atom is -0.489 e. The summed E-state index contributed by atoms with van der Waals surface area (Å²) >= 11 is 0. The molecule has 3 N–H and O–H groups in total. The molecule has 0 spiro atoms. The van der Waals surface area contributed by atoms with E-state index in [1.54, 1.807) is 32.0 Å². The van der Waals surface area contributed by atoms with Crippen molar-refractivity contribution in [3.05, 3.63) is 70.9 Å². The van der Waals surface area contributed by atoms with Gasteiger partial charge in [0, 0.05) is 31.3 Å². The Labute approximate surface area is 207 Å². The van der Waals surface area contributed by atoms with E-state index in [1.165, 1.54) is 18.0 Å². The smallest absolute Gasteiger partial charge is 0.319 e. The molecule has 3 amide bonds. The predicted octanol–water partition coefficient (Wildman–Crippen LogP) is 2.76. The van der Waals surface area contributed by atoms with Crippen LogP contribution in [0.25, 0.3) is 0 Å². The van der Waals surface area contributed by atoms with Crippen LogP contribution in [0.3, 0.4) is 0 Å². The molecule has 36 heavy (non-hydrogen) atoms. The molecule has 1 unspecified atom stereocenters. The Hall–Kier alpha value is -4.41. The molecule has 2 aromatic rings. The summed E-state index contributed by atoms with van der Waals surface area (Å²) in [5.74, 6) is 3.96. The molecule has 0 saturated heterocycles. The zero-order valence-electron chi connectivity index (χ0n) is 19.9. The predicted molar refractivity (Wildman–Crippen MR) is 128 cm³/mol. The number of nitrogens with one attached hydrogen (secondary N) is 2. The molecular formula is C26H24F2N4O4. The molecule has 0 bridgehead atoms. The van der Waals surface area contributed by atoms with E-state index in [-0.39, 0.29) is 24.2 Å². The van der Waals surface area contributed by atoms with E-state index >= 15 is 0 Å². The highest BCUT2D eigenvalue weighted by Gasteiger charge is 2.30. The van der Waals surface area contributed by atoms with Gasteiger partial charge < -0.3 is 25.4 Å². The minimum atomic E-state index is -1.18. The number of ether oxygens (including phenoxy) is 1. The van der Waals surface area contributed by atoms with E-state index in [2.05, 4.69) is 22.5 Å². The van der Waals surface area contributed by atoms with Gasteiger partial charge in [-0.05, 0) is 43.7 Å². The Morgan fingerprint density at radius 1 is 1.31 bits per heavy atom. The lowest BCUT2D eigenvalue weighted by Gasteiger charge is -2.20. The number of hydrogen-bond acceptors (Lipinski definition) is 5. The quantitative estimate of drug-likeness (QED) is 0.447. The van der Waals surface area contributed by atoms with Crippen molar-refractivity contribution >= 4 is 17.6 Å². The van der Waals surface area contributed by atoms with E-state index in [4.69, 9.17) is 4.74 Å². The average molecular weight is 494 g/mol. The third kappa shape index (κ3) is 6.81. The second-order valence-electron chi connectivity index (χ2n) is 8.56. The first-order chi connectivity index (χ1) is 17.0. The van der Waals surface area contributed by atoms with Gasteiger partial charge in [-0.1, -0.05) is 17.9 Å². The monoisotopic (exact) mass is 494 g/mol. The number of nitrogens with zero attached hydrogens (tertiary/aromatic N) is 2. The summed E-state index contributed by atoms with van der Waals surface area (Å²) in [4.78, 5) is 26.7. The van der Waals surface area contributed by atoms with Crippen molar-refractivity contribution in [1.29, 1.82) is 5.26 Å². The van der Waals surface area contributed by atoms with Crippen LogP contribution >= 0.6 is 0 Å². The summed E-state index contributed by atoms with van der Waals surface area (Å²) in [6.07, 6.45) is 0.928. The second kappa shape index (κ2) is 10.9. The highest BCUT2D eigenvalue weighted by molar-refractivity contribution is 6.00. The number of urea groups is 1. The Bertz CT molecular complexity index is 1320. The number of anilines is 1. The fourth-order valence-corrected chi connectivity index (χ4v) is 3.25. The number of allylic oxidation sites excluding steroid dienone is 1. The highest BCUT2D eigenvalue weighted by Crippen LogP contribution is 2.31. The van der Waals surface area contributed by atoms with Gasteiger partial charge in [0.25, 0.3) is 5.91 Å². The number of carbonyl (C=O) groups is 2. The summed E-state index contributed by atoms with van der Waals surface area (Å²) in [7, 11) is 1.53. The average Bonchev–Trinajstić information content (AvgIpc) is 2.93.